The maximum Gasteiger partial charge on any atom is 0.306 e. The average Bonchev–Trinajstić information content (AvgIpc) is 3.37. The van der Waals surface area contributed by atoms with Crippen molar-refractivity contribution in [2.24, 2.45) is 0 Å². The molecule has 0 aliphatic heterocycles. The SMILES string of the molecule is CCCCC/C=C\C/C=C\C/C=C\C/C=C\CCCC(=O)OC[C@H](COC(=O)CCCCCCCCCCC/C=C\C/C=C\CCCCC)OC(=O)CCC/C=C\C/C=C\C/C=C\C/C=C\CCCCC. The Hall–Kier alpha value is -4.19. The highest BCUT2D eigenvalue weighted by Crippen LogP contribution is 2.13. The summed E-state index contributed by atoms with van der Waals surface area (Å²) in [5.74, 6) is -1.04. The molecule has 0 radical (unpaired) electrons. The van der Waals surface area contributed by atoms with Gasteiger partial charge < -0.3 is 14.2 Å². The summed E-state index contributed by atoms with van der Waals surface area (Å²) in [6.45, 7) is 6.46. The molecule has 0 aromatic heterocycles. The van der Waals surface area contributed by atoms with Crippen LogP contribution in [-0.4, -0.2) is 37.2 Å². The molecule has 6 heteroatoms. The molecule has 0 saturated carbocycles. The number of allylic oxidation sites excluding steroid dienone is 20. The fourth-order valence-corrected chi connectivity index (χ4v) is 7.52. The molecule has 0 aliphatic rings. The van der Waals surface area contributed by atoms with E-state index < -0.39 is 6.10 Å². The first-order valence-corrected chi connectivity index (χ1v) is 29.0. The molecule has 0 spiro atoms. The van der Waals surface area contributed by atoms with E-state index in [9.17, 15) is 14.4 Å². The van der Waals surface area contributed by atoms with Crippen LogP contribution in [0.3, 0.4) is 0 Å². The minimum Gasteiger partial charge on any atom is -0.462 e. The molecule has 0 bridgehead atoms. The molecular weight excluding hydrogens is 877 g/mol. The van der Waals surface area contributed by atoms with Crippen molar-refractivity contribution in [3.05, 3.63) is 122 Å². The quantitative estimate of drug-likeness (QED) is 0.0261. The molecule has 0 fully saturated rings. The zero-order chi connectivity index (χ0) is 51.4. The molecule has 0 saturated heterocycles. The maximum absolute atomic E-state index is 12.8. The first-order valence-electron chi connectivity index (χ1n) is 29.0. The summed E-state index contributed by atoms with van der Waals surface area (Å²) >= 11 is 0. The molecule has 0 rings (SSSR count). The van der Waals surface area contributed by atoms with E-state index in [1.807, 2.05) is 0 Å². The molecule has 71 heavy (non-hydrogen) atoms. The number of esters is 3. The van der Waals surface area contributed by atoms with Crippen LogP contribution in [0.5, 0.6) is 0 Å². The van der Waals surface area contributed by atoms with Crippen molar-refractivity contribution >= 4 is 17.9 Å². The lowest BCUT2D eigenvalue weighted by Gasteiger charge is -2.18. The zero-order valence-electron chi connectivity index (χ0n) is 45.9. The van der Waals surface area contributed by atoms with Crippen molar-refractivity contribution in [2.45, 2.75) is 258 Å². The Morgan fingerprint density at radius 3 is 0.845 bits per heavy atom. The van der Waals surface area contributed by atoms with Gasteiger partial charge in [-0.1, -0.05) is 226 Å². The van der Waals surface area contributed by atoms with Crippen LogP contribution < -0.4 is 0 Å². The molecule has 1 atom stereocenters. The van der Waals surface area contributed by atoms with Crippen LogP contribution >= 0.6 is 0 Å². The van der Waals surface area contributed by atoms with Crippen LogP contribution in [0.25, 0.3) is 0 Å². The van der Waals surface area contributed by atoms with E-state index in [0.717, 1.165) is 77.0 Å². The molecule has 0 heterocycles. The van der Waals surface area contributed by atoms with Gasteiger partial charge in [0.05, 0.1) is 0 Å². The Bertz CT molecular complexity index is 1500. The first kappa shape index (κ1) is 66.8. The lowest BCUT2D eigenvalue weighted by Crippen LogP contribution is -2.30. The van der Waals surface area contributed by atoms with Crippen LogP contribution in [0.2, 0.25) is 0 Å². The number of carbonyl (C=O) groups is 3. The predicted octanol–water partition coefficient (Wildman–Crippen LogP) is 19.6. The molecule has 6 nitrogen and oxygen atoms in total. The molecule has 0 aromatic rings. The number of hydrogen-bond donors (Lipinski definition) is 0. The monoisotopic (exact) mass is 983 g/mol. The maximum atomic E-state index is 12.8. The molecule has 402 valence electrons. The average molecular weight is 984 g/mol. The lowest BCUT2D eigenvalue weighted by molar-refractivity contribution is -0.167. The summed E-state index contributed by atoms with van der Waals surface area (Å²) in [6, 6.07) is 0. The molecule has 0 unspecified atom stereocenters. The van der Waals surface area contributed by atoms with E-state index >= 15 is 0 Å². The van der Waals surface area contributed by atoms with Crippen LogP contribution in [0.15, 0.2) is 122 Å². The summed E-state index contributed by atoms with van der Waals surface area (Å²) in [7, 11) is 0. The first-order chi connectivity index (χ1) is 35.0. The van der Waals surface area contributed by atoms with Gasteiger partial charge >= 0.3 is 17.9 Å². The standard InChI is InChI=1S/C65H106O6/c1-4-7-10-13-16-19-22-25-28-31-32-35-37-40-43-46-49-52-55-58-64(67)70-61-62(71-65(68)59-56-53-50-47-44-41-38-34-30-27-24-21-18-15-12-9-6-3)60-69-63(66)57-54-51-48-45-42-39-36-33-29-26-23-20-17-14-11-8-5-2/h16-21,25-30,36,38-39,41,45,47-48,50,62H,4-15,22-24,31-35,37,40,42-44,46,49,51-61H2,1-3H3/b19-16-,20-17-,21-18-,28-25-,29-26-,30-27-,39-36-,41-38-,48-45-,50-47-/t62-/m1/s1. The second-order valence-corrected chi connectivity index (χ2v) is 18.8. The van der Waals surface area contributed by atoms with E-state index in [1.165, 1.54) is 122 Å². The third kappa shape index (κ3) is 56.6. The van der Waals surface area contributed by atoms with Crippen LogP contribution in [-0.2, 0) is 28.6 Å². The van der Waals surface area contributed by atoms with E-state index in [2.05, 4.69) is 142 Å². The number of carbonyl (C=O) groups excluding carboxylic acids is 3. The van der Waals surface area contributed by atoms with Gasteiger partial charge in [0.25, 0.3) is 0 Å². The van der Waals surface area contributed by atoms with Gasteiger partial charge in [-0.15, -0.1) is 0 Å². The predicted molar refractivity (Wildman–Crippen MR) is 306 cm³/mol. The van der Waals surface area contributed by atoms with Gasteiger partial charge in [0.2, 0.25) is 0 Å². The smallest absolute Gasteiger partial charge is 0.306 e. The topological polar surface area (TPSA) is 78.9 Å². The fourth-order valence-electron chi connectivity index (χ4n) is 7.52. The van der Waals surface area contributed by atoms with Crippen molar-refractivity contribution < 1.29 is 28.6 Å². The summed E-state index contributed by atoms with van der Waals surface area (Å²) in [4.78, 5) is 38.1. The molecule has 0 amide bonds. The van der Waals surface area contributed by atoms with E-state index in [1.54, 1.807) is 0 Å². The molecule has 0 aromatic carbocycles. The van der Waals surface area contributed by atoms with Gasteiger partial charge in [-0.05, 0) is 128 Å². The van der Waals surface area contributed by atoms with Gasteiger partial charge in [0, 0.05) is 19.3 Å². The van der Waals surface area contributed by atoms with Gasteiger partial charge in [0.1, 0.15) is 13.2 Å². The van der Waals surface area contributed by atoms with Gasteiger partial charge in [0.15, 0.2) is 6.10 Å². The number of rotatable bonds is 51. The second-order valence-electron chi connectivity index (χ2n) is 18.8. The highest BCUT2D eigenvalue weighted by molar-refractivity contribution is 5.71. The Labute approximate surface area is 437 Å². The Morgan fingerprint density at radius 2 is 0.521 bits per heavy atom. The van der Waals surface area contributed by atoms with Crippen LogP contribution in [0.1, 0.15) is 252 Å². The number of ether oxygens (including phenoxy) is 3. The van der Waals surface area contributed by atoms with Crippen molar-refractivity contribution in [2.75, 3.05) is 13.2 Å². The third-order valence-corrected chi connectivity index (χ3v) is 11.9. The van der Waals surface area contributed by atoms with E-state index in [-0.39, 0.29) is 44.0 Å². The lowest BCUT2D eigenvalue weighted by atomic mass is 10.1. The largest absolute Gasteiger partial charge is 0.462 e. The summed E-state index contributed by atoms with van der Waals surface area (Å²) in [5.41, 5.74) is 0. The van der Waals surface area contributed by atoms with Crippen molar-refractivity contribution in [1.29, 1.82) is 0 Å². The number of unbranched alkanes of at least 4 members (excludes halogenated alkanes) is 20. The normalized spacial score (nSPS) is 13.0. The van der Waals surface area contributed by atoms with Gasteiger partial charge in [-0.25, -0.2) is 0 Å². The summed E-state index contributed by atoms with van der Waals surface area (Å²) in [6.07, 6.45) is 80.5. The van der Waals surface area contributed by atoms with Crippen molar-refractivity contribution in [1.82, 2.24) is 0 Å². The van der Waals surface area contributed by atoms with Crippen molar-refractivity contribution in [3.63, 3.8) is 0 Å². The minimum atomic E-state index is -0.834. The Kier molecular flexibility index (Phi) is 54.9. The Balaban J connectivity index is 4.56. The van der Waals surface area contributed by atoms with Crippen LogP contribution in [0, 0.1) is 0 Å². The molecular formula is C65H106O6. The minimum absolute atomic E-state index is 0.122. The second kappa shape index (κ2) is 58.4. The van der Waals surface area contributed by atoms with E-state index in [0.29, 0.717) is 19.3 Å². The number of hydrogen-bond acceptors (Lipinski definition) is 6. The van der Waals surface area contributed by atoms with E-state index in [4.69, 9.17) is 14.2 Å². The fraction of sp³-hybridized carbons (Fsp3) is 0.646. The molecule has 0 N–H and O–H groups in total. The third-order valence-electron chi connectivity index (χ3n) is 11.9. The van der Waals surface area contributed by atoms with Gasteiger partial charge in [-0.3, -0.25) is 14.4 Å². The summed E-state index contributed by atoms with van der Waals surface area (Å²) < 4.78 is 16.8. The zero-order valence-corrected chi connectivity index (χ0v) is 45.9. The highest BCUT2D eigenvalue weighted by atomic mass is 16.6. The highest BCUT2D eigenvalue weighted by Gasteiger charge is 2.19. The molecule has 0 aliphatic carbocycles. The van der Waals surface area contributed by atoms with Crippen LogP contribution in [0.4, 0.5) is 0 Å². The van der Waals surface area contributed by atoms with Gasteiger partial charge in [-0.2, -0.15) is 0 Å². The Morgan fingerprint density at radius 1 is 0.282 bits per heavy atom. The summed E-state index contributed by atoms with van der Waals surface area (Å²) in [5, 5.41) is 0. The van der Waals surface area contributed by atoms with Crippen molar-refractivity contribution in [3.8, 4) is 0 Å².